The van der Waals surface area contributed by atoms with Gasteiger partial charge in [0.15, 0.2) is 5.82 Å². The lowest BCUT2D eigenvalue weighted by molar-refractivity contribution is -0.133. The SMILES string of the molecule is O=c1[nH]c2[nH]cc(-c3ccsc3C(F)(F)F)c2cc1F. The van der Waals surface area contributed by atoms with Crippen LogP contribution < -0.4 is 5.56 Å². The van der Waals surface area contributed by atoms with E-state index in [0.717, 1.165) is 6.07 Å². The van der Waals surface area contributed by atoms with Gasteiger partial charge in [0, 0.05) is 22.7 Å². The molecule has 0 unspecified atom stereocenters. The average molecular weight is 302 g/mol. The summed E-state index contributed by atoms with van der Waals surface area (Å²) < 4.78 is 52.0. The second-order valence-corrected chi connectivity index (χ2v) is 5.01. The van der Waals surface area contributed by atoms with Crippen LogP contribution in [0.1, 0.15) is 4.88 Å². The Labute approximate surface area is 112 Å². The summed E-state index contributed by atoms with van der Waals surface area (Å²) >= 11 is 0.566. The normalized spacial score (nSPS) is 12.2. The molecule has 20 heavy (non-hydrogen) atoms. The number of nitrogens with one attached hydrogen (secondary N) is 2. The highest BCUT2D eigenvalue weighted by Crippen LogP contribution is 2.42. The van der Waals surface area contributed by atoms with Gasteiger partial charge in [0.2, 0.25) is 0 Å². The van der Waals surface area contributed by atoms with E-state index >= 15 is 0 Å². The molecular formula is C12H6F4N2OS. The van der Waals surface area contributed by atoms with Crippen molar-refractivity contribution in [3.05, 3.63) is 44.8 Å². The molecule has 3 aromatic rings. The van der Waals surface area contributed by atoms with Gasteiger partial charge in [-0.1, -0.05) is 0 Å². The molecule has 3 aromatic heterocycles. The Kier molecular flexibility index (Phi) is 2.72. The molecule has 3 nitrogen and oxygen atoms in total. The molecule has 0 amide bonds. The van der Waals surface area contributed by atoms with Crippen LogP contribution >= 0.6 is 11.3 Å². The van der Waals surface area contributed by atoms with Crippen LogP contribution in [0.15, 0.2) is 28.5 Å². The number of pyridine rings is 1. The molecule has 0 bridgehead atoms. The van der Waals surface area contributed by atoms with Crippen LogP contribution in [-0.4, -0.2) is 9.97 Å². The van der Waals surface area contributed by atoms with Gasteiger partial charge in [-0.15, -0.1) is 11.3 Å². The van der Waals surface area contributed by atoms with Crippen molar-refractivity contribution in [3.63, 3.8) is 0 Å². The van der Waals surface area contributed by atoms with Gasteiger partial charge in [0.25, 0.3) is 5.56 Å². The fourth-order valence-corrected chi connectivity index (χ4v) is 2.80. The summed E-state index contributed by atoms with van der Waals surface area (Å²) in [5.41, 5.74) is -0.582. The van der Waals surface area contributed by atoms with E-state index in [9.17, 15) is 22.4 Å². The summed E-state index contributed by atoms with van der Waals surface area (Å²) in [6.45, 7) is 0. The first-order valence-electron chi connectivity index (χ1n) is 5.43. The minimum absolute atomic E-state index is 0.0415. The third-order valence-corrected chi connectivity index (χ3v) is 3.82. The average Bonchev–Trinajstić information content (AvgIpc) is 2.95. The van der Waals surface area contributed by atoms with Gasteiger partial charge in [-0.3, -0.25) is 4.79 Å². The van der Waals surface area contributed by atoms with E-state index in [-0.39, 0.29) is 22.2 Å². The summed E-state index contributed by atoms with van der Waals surface area (Å²) in [4.78, 5) is 15.2. The monoisotopic (exact) mass is 302 g/mol. The number of hydrogen-bond acceptors (Lipinski definition) is 2. The van der Waals surface area contributed by atoms with Crippen molar-refractivity contribution in [1.29, 1.82) is 0 Å². The van der Waals surface area contributed by atoms with Gasteiger partial charge in [0.05, 0.1) is 0 Å². The maximum Gasteiger partial charge on any atom is 0.426 e. The topological polar surface area (TPSA) is 48.6 Å². The minimum atomic E-state index is -4.48. The Morgan fingerprint density at radius 1 is 1.20 bits per heavy atom. The summed E-state index contributed by atoms with van der Waals surface area (Å²) in [5, 5.41) is 1.52. The van der Waals surface area contributed by atoms with Crippen LogP contribution in [0, 0.1) is 5.82 Å². The standard InChI is InChI=1S/C12H6F4N2OS/c13-8-3-6-7(4-17-10(6)18-11(8)19)5-1-2-20-9(5)12(14,15)16/h1-4H,(H2,17,18,19). The summed E-state index contributed by atoms with van der Waals surface area (Å²) in [5.74, 6) is -1.04. The smallest absolute Gasteiger partial charge is 0.347 e. The third-order valence-electron chi connectivity index (χ3n) is 2.86. The first kappa shape index (κ1) is 12.9. The van der Waals surface area contributed by atoms with Crippen molar-refractivity contribution in [2.75, 3.05) is 0 Å². The van der Waals surface area contributed by atoms with Crippen molar-refractivity contribution in [2.24, 2.45) is 0 Å². The Morgan fingerprint density at radius 3 is 2.65 bits per heavy atom. The second-order valence-electron chi connectivity index (χ2n) is 4.10. The van der Waals surface area contributed by atoms with Gasteiger partial charge in [-0.2, -0.15) is 13.2 Å². The molecule has 0 spiro atoms. The lowest BCUT2D eigenvalue weighted by atomic mass is 10.1. The van der Waals surface area contributed by atoms with Crippen LogP contribution in [0.5, 0.6) is 0 Å². The molecule has 0 aliphatic rings. The summed E-state index contributed by atoms with van der Waals surface area (Å²) in [6, 6.07) is 2.25. The molecular weight excluding hydrogens is 296 g/mol. The molecule has 0 saturated carbocycles. The molecule has 0 fully saturated rings. The Hall–Kier alpha value is -2.09. The molecule has 3 heterocycles. The molecule has 0 aromatic carbocycles. The van der Waals surface area contributed by atoms with Crippen LogP contribution in [0.2, 0.25) is 0 Å². The van der Waals surface area contributed by atoms with Crippen molar-refractivity contribution < 1.29 is 17.6 Å². The summed E-state index contributed by atoms with van der Waals surface area (Å²) in [7, 11) is 0. The van der Waals surface area contributed by atoms with E-state index in [2.05, 4.69) is 9.97 Å². The van der Waals surface area contributed by atoms with Crippen molar-refractivity contribution >= 4 is 22.4 Å². The number of aromatic amines is 2. The number of aromatic nitrogens is 2. The van der Waals surface area contributed by atoms with E-state index < -0.39 is 22.4 Å². The molecule has 0 aliphatic carbocycles. The van der Waals surface area contributed by atoms with E-state index in [1.807, 2.05) is 0 Å². The summed E-state index contributed by atoms with van der Waals surface area (Å²) in [6.07, 6.45) is -3.16. The predicted octanol–water partition coefficient (Wildman–Crippen LogP) is 3.74. The Bertz CT molecular complexity index is 843. The van der Waals surface area contributed by atoms with Gasteiger partial charge < -0.3 is 9.97 Å². The number of halogens is 4. The highest BCUT2D eigenvalue weighted by atomic mass is 32.1. The maximum absolute atomic E-state index is 13.3. The third kappa shape index (κ3) is 1.92. The van der Waals surface area contributed by atoms with Gasteiger partial charge in [-0.25, -0.2) is 4.39 Å². The molecule has 0 aliphatic heterocycles. The second kappa shape index (κ2) is 4.20. The minimum Gasteiger partial charge on any atom is -0.347 e. The van der Waals surface area contributed by atoms with E-state index in [1.165, 1.54) is 17.6 Å². The van der Waals surface area contributed by atoms with E-state index in [4.69, 9.17) is 0 Å². The van der Waals surface area contributed by atoms with Crippen molar-refractivity contribution in [1.82, 2.24) is 9.97 Å². The first-order valence-corrected chi connectivity index (χ1v) is 6.31. The van der Waals surface area contributed by atoms with Crippen LogP contribution in [0.4, 0.5) is 17.6 Å². The Balaban J connectivity index is 2.29. The maximum atomic E-state index is 13.3. The van der Waals surface area contributed by atoms with Crippen molar-refractivity contribution in [2.45, 2.75) is 6.18 Å². The lowest BCUT2D eigenvalue weighted by Gasteiger charge is -2.06. The van der Waals surface area contributed by atoms with E-state index in [1.54, 1.807) is 0 Å². The number of thiophene rings is 1. The molecule has 0 radical (unpaired) electrons. The van der Waals surface area contributed by atoms with E-state index in [0.29, 0.717) is 11.3 Å². The van der Waals surface area contributed by atoms with Crippen molar-refractivity contribution in [3.8, 4) is 11.1 Å². The van der Waals surface area contributed by atoms with Crippen LogP contribution in [-0.2, 0) is 6.18 Å². The highest BCUT2D eigenvalue weighted by Gasteiger charge is 2.35. The molecule has 0 atom stereocenters. The quantitative estimate of drug-likeness (QED) is 0.661. The largest absolute Gasteiger partial charge is 0.426 e. The molecule has 8 heteroatoms. The van der Waals surface area contributed by atoms with Gasteiger partial charge >= 0.3 is 6.18 Å². The Morgan fingerprint density at radius 2 is 1.95 bits per heavy atom. The number of rotatable bonds is 1. The number of fused-ring (bicyclic) bond motifs is 1. The predicted molar refractivity (Wildman–Crippen MR) is 67.2 cm³/mol. The molecule has 3 rings (SSSR count). The van der Waals surface area contributed by atoms with Gasteiger partial charge in [-0.05, 0) is 17.5 Å². The number of H-pyrrole nitrogens is 2. The number of hydrogen-bond donors (Lipinski definition) is 2. The zero-order valence-electron chi connectivity index (χ0n) is 9.64. The highest BCUT2D eigenvalue weighted by molar-refractivity contribution is 7.10. The van der Waals surface area contributed by atoms with Gasteiger partial charge in [0.1, 0.15) is 10.5 Å². The number of alkyl halides is 3. The zero-order chi connectivity index (χ0) is 14.5. The molecule has 104 valence electrons. The first-order chi connectivity index (χ1) is 9.38. The lowest BCUT2D eigenvalue weighted by Crippen LogP contribution is -2.09. The van der Waals surface area contributed by atoms with Crippen LogP contribution in [0.3, 0.4) is 0 Å². The fourth-order valence-electron chi connectivity index (χ4n) is 2.02. The van der Waals surface area contributed by atoms with Crippen LogP contribution in [0.25, 0.3) is 22.2 Å². The molecule has 0 saturated heterocycles. The molecule has 2 N–H and O–H groups in total. The fraction of sp³-hybridized carbons (Fsp3) is 0.0833. The zero-order valence-corrected chi connectivity index (χ0v) is 10.5.